The molecule has 0 amide bonds. The number of β-amino-alcohol motifs (C(OH)–C–C–N with tert-alkyl or cyclic N) is 1. The zero-order valence-electron chi connectivity index (χ0n) is 10.2. The minimum absolute atomic E-state index is 0.564. The second-order valence-electron chi connectivity index (χ2n) is 4.98. The Morgan fingerprint density at radius 2 is 2.00 bits per heavy atom. The molecule has 0 spiro atoms. The Hall–Kier alpha value is -1.79. The molecule has 1 saturated heterocycles. The van der Waals surface area contributed by atoms with Crippen LogP contribution in [0.3, 0.4) is 0 Å². The number of aromatic nitrogens is 4. The predicted molar refractivity (Wildman–Crippen MR) is 65.1 cm³/mol. The van der Waals surface area contributed by atoms with E-state index in [9.17, 15) is 5.11 Å². The minimum atomic E-state index is -0.564. The molecular formula is C12H15N5O. The van der Waals surface area contributed by atoms with Crippen LogP contribution in [0.15, 0.2) is 30.3 Å². The van der Waals surface area contributed by atoms with Crippen LogP contribution in [0, 0.1) is 0 Å². The quantitative estimate of drug-likeness (QED) is 0.838. The van der Waals surface area contributed by atoms with Crippen molar-refractivity contribution in [1.82, 2.24) is 25.1 Å². The van der Waals surface area contributed by atoms with Gasteiger partial charge in [0.2, 0.25) is 0 Å². The number of tetrazole rings is 1. The van der Waals surface area contributed by atoms with Crippen molar-refractivity contribution in [3.8, 4) is 5.69 Å². The first kappa shape index (κ1) is 11.3. The van der Waals surface area contributed by atoms with E-state index >= 15 is 0 Å². The number of likely N-dealkylation sites (tertiary alicyclic amines) is 1. The van der Waals surface area contributed by atoms with Gasteiger partial charge >= 0.3 is 0 Å². The maximum Gasteiger partial charge on any atom is 0.170 e. The average Bonchev–Trinajstić information content (AvgIpc) is 2.76. The first-order valence-corrected chi connectivity index (χ1v) is 5.91. The van der Waals surface area contributed by atoms with Gasteiger partial charge in [0.15, 0.2) is 5.82 Å². The van der Waals surface area contributed by atoms with Crippen molar-refractivity contribution in [3.63, 3.8) is 0 Å². The van der Waals surface area contributed by atoms with E-state index in [1.54, 1.807) is 4.68 Å². The zero-order chi connectivity index (χ0) is 12.6. The van der Waals surface area contributed by atoms with Crippen molar-refractivity contribution < 1.29 is 5.11 Å². The van der Waals surface area contributed by atoms with Crippen LogP contribution in [-0.4, -0.2) is 48.9 Å². The third-order valence-corrected chi connectivity index (χ3v) is 3.03. The van der Waals surface area contributed by atoms with Crippen LogP contribution in [0.25, 0.3) is 5.69 Å². The van der Waals surface area contributed by atoms with E-state index in [0.717, 1.165) is 11.5 Å². The topological polar surface area (TPSA) is 67.1 Å². The summed E-state index contributed by atoms with van der Waals surface area (Å²) >= 11 is 0. The molecule has 1 aromatic carbocycles. The number of rotatable bonds is 3. The minimum Gasteiger partial charge on any atom is -0.388 e. The van der Waals surface area contributed by atoms with Crippen LogP contribution >= 0.6 is 0 Å². The summed E-state index contributed by atoms with van der Waals surface area (Å²) in [5.74, 6) is 0.789. The normalized spacial score (nSPS) is 18.6. The standard InChI is InChI=1S/C12H15N5O/c1-12(18)8-16(9-12)7-11-13-14-15-17(11)10-5-3-2-4-6-10/h2-6,18H,7-9H2,1H3. The number of benzene rings is 1. The highest BCUT2D eigenvalue weighted by molar-refractivity contribution is 5.30. The molecule has 0 unspecified atom stereocenters. The van der Waals surface area contributed by atoms with E-state index in [4.69, 9.17) is 0 Å². The summed E-state index contributed by atoms with van der Waals surface area (Å²) in [4.78, 5) is 2.12. The Morgan fingerprint density at radius 3 is 2.67 bits per heavy atom. The molecule has 0 aliphatic carbocycles. The van der Waals surface area contributed by atoms with Crippen LogP contribution in [-0.2, 0) is 6.54 Å². The Labute approximate surface area is 105 Å². The molecule has 2 aromatic rings. The van der Waals surface area contributed by atoms with Gasteiger partial charge in [-0.15, -0.1) is 5.10 Å². The predicted octanol–water partition coefficient (Wildman–Crippen LogP) is 0.229. The molecule has 1 aliphatic rings. The lowest BCUT2D eigenvalue weighted by atomic mass is 9.97. The molecule has 94 valence electrons. The second kappa shape index (κ2) is 4.15. The van der Waals surface area contributed by atoms with E-state index in [1.807, 2.05) is 37.3 Å². The van der Waals surface area contributed by atoms with Crippen molar-refractivity contribution in [3.05, 3.63) is 36.2 Å². The number of para-hydroxylation sites is 1. The third kappa shape index (κ3) is 2.12. The van der Waals surface area contributed by atoms with Gasteiger partial charge in [-0.3, -0.25) is 4.90 Å². The van der Waals surface area contributed by atoms with Crippen LogP contribution in [0.2, 0.25) is 0 Å². The SMILES string of the molecule is CC1(O)CN(Cc2nnnn2-c2ccccc2)C1. The number of nitrogens with zero attached hydrogens (tertiary/aromatic N) is 5. The highest BCUT2D eigenvalue weighted by Crippen LogP contribution is 2.21. The number of hydrogen-bond acceptors (Lipinski definition) is 5. The number of hydrogen-bond donors (Lipinski definition) is 1. The summed E-state index contributed by atoms with van der Waals surface area (Å²) in [6.45, 7) is 3.81. The van der Waals surface area contributed by atoms with Gasteiger partial charge in [0.05, 0.1) is 17.8 Å². The van der Waals surface area contributed by atoms with Crippen molar-refractivity contribution in [2.75, 3.05) is 13.1 Å². The van der Waals surface area contributed by atoms with Crippen molar-refractivity contribution in [2.24, 2.45) is 0 Å². The van der Waals surface area contributed by atoms with Crippen LogP contribution in [0.4, 0.5) is 0 Å². The fourth-order valence-electron chi connectivity index (χ4n) is 2.30. The lowest BCUT2D eigenvalue weighted by Crippen LogP contribution is -2.59. The van der Waals surface area contributed by atoms with E-state index < -0.39 is 5.60 Å². The van der Waals surface area contributed by atoms with Gasteiger partial charge < -0.3 is 5.11 Å². The summed E-state index contributed by atoms with van der Waals surface area (Å²) in [5, 5.41) is 21.5. The summed E-state index contributed by atoms with van der Waals surface area (Å²) in [7, 11) is 0. The zero-order valence-corrected chi connectivity index (χ0v) is 10.2. The van der Waals surface area contributed by atoms with Gasteiger partial charge in [-0.1, -0.05) is 18.2 Å². The summed E-state index contributed by atoms with van der Waals surface area (Å²) in [6.07, 6.45) is 0. The molecule has 0 radical (unpaired) electrons. The lowest BCUT2D eigenvalue weighted by Gasteiger charge is -2.43. The number of aliphatic hydroxyl groups is 1. The fraction of sp³-hybridized carbons (Fsp3) is 0.417. The Kier molecular flexibility index (Phi) is 2.61. The van der Waals surface area contributed by atoms with Crippen molar-refractivity contribution >= 4 is 0 Å². The molecule has 2 heterocycles. The van der Waals surface area contributed by atoms with Gasteiger partial charge in [0, 0.05) is 13.1 Å². The molecule has 18 heavy (non-hydrogen) atoms. The smallest absolute Gasteiger partial charge is 0.170 e. The molecule has 3 rings (SSSR count). The highest BCUT2D eigenvalue weighted by Gasteiger charge is 2.37. The maximum absolute atomic E-state index is 9.70. The molecule has 0 bridgehead atoms. The summed E-state index contributed by atoms with van der Waals surface area (Å²) < 4.78 is 1.73. The van der Waals surface area contributed by atoms with Gasteiger partial charge in [-0.2, -0.15) is 4.68 Å². The lowest BCUT2D eigenvalue weighted by molar-refractivity contribution is -0.0882. The Balaban J connectivity index is 1.77. The maximum atomic E-state index is 9.70. The third-order valence-electron chi connectivity index (χ3n) is 3.03. The molecule has 0 saturated carbocycles. The molecule has 6 heteroatoms. The fourth-order valence-corrected chi connectivity index (χ4v) is 2.30. The van der Waals surface area contributed by atoms with Crippen LogP contribution in [0.1, 0.15) is 12.7 Å². The molecule has 1 aliphatic heterocycles. The first-order valence-electron chi connectivity index (χ1n) is 5.91. The molecule has 1 fully saturated rings. The molecule has 1 N–H and O–H groups in total. The summed E-state index contributed by atoms with van der Waals surface area (Å²) in [6, 6.07) is 9.79. The van der Waals surface area contributed by atoms with Gasteiger partial charge in [0.1, 0.15) is 0 Å². The van der Waals surface area contributed by atoms with Crippen molar-refractivity contribution in [1.29, 1.82) is 0 Å². The Morgan fingerprint density at radius 1 is 1.28 bits per heavy atom. The Bertz CT molecular complexity index is 528. The monoisotopic (exact) mass is 245 g/mol. The molecule has 6 nitrogen and oxygen atoms in total. The first-order chi connectivity index (χ1) is 8.64. The van der Waals surface area contributed by atoms with E-state index in [0.29, 0.717) is 19.6 Å². The van der Waals surface area contributed by atoms with Crippen molar-refractivity contribution in [2.45, 2.75) is 19.1 Å². The van der Waals surface area contributed by atoms with Gasteiger partial charge in [-0.25, -0.2) is 0 Å². The summed E-state index contributed by atoms with van der Waals surface area (Å²) in [5.41, 5.74) is 0.384. The van der Waals surface area contributed by atoms with E-state index in [-0.39, 0.29) is 0 Å². The second-order valence-corrected chi connectivity index (χ2v) is 4.98. The molecular weight excluding hydrogens is 230 g/mol. The molecule has 0 atom stereocenters. The van der Waals surface area contributed by atoms with E-state index in [2.05, 4.69) is 20.4 Å². The van der Waals surface area contributed by atoms with Gasteiger partial charge in [0.25, 0.3) is 0 Å². The average molecular weight is 245 g/mol. The van der Waals surface area contributed by atoms with E-state index in [1.165, 1.54) is 0 Å². The van der Waals surface area contributed by atoms with Crippen LogP contribution < -0.4 is 0 Å². The molecule has 1 aromatic heterocycles. The van der Waals surface area contributed by atoms with Gasteiger partial charge in [-0.05, 0) is 29.5 Å². The largest absolute Gasteiger partial charge is 0.388 e. The van der Waals surface area contributed by atoms with Crippen LogP contribution in [0.5, 0.6) is 0 Å². The highest BCUT2D eigenvalue weighted by atomic mass is 16.3.